The molecular formula is C36H60N2O3. The molecule has 41 heavy (non-hydrogen) atoms. The van der Waals surface area contributed by atoms with E-state index in [4.69, 9.17) is 10.5 Å². The highest BCUT2D eigenvalue weighted by molar-refractivity contribution is 5.84. The average molecular weight is 569 g/mol. The number of ether oxygens (including phenoxy) is 1. The van der Waals surface area contributed by atoms with Gasteiger partial charge in [-0.3, -0.25) is 9.59 Å². The van der Waals surface area contributed by atoms with E-state index in [9.17, 15) is 9.59 Å². The van der Waals surface area contributed by atoms with Gasteiger partial charge in [0.05, 0.1) is 5.41 Å². The van der Waals surface area contributed by atoms with Crippen LogP contribution >= 0.6 is 0 Å². The van der Waals surface area contributed by atoms with E-state index in [1.165, 1.54) is 12.8 Å². The molecule has 1 amide bonds. The molecule has 0 unspecified atom stereocenters. The maximum Gasteiger partial charge on any atom is 0.302 e. The number of carbonyl (C=O) groups excluding carboxylic acids is 2. The Hall–Kier alpha value is -1.36. The lowest BCUT2D eigenvalue weighted by Crippen LogP contribution is -2.66. The van der Waals surface area contributed by atoms with Crippen LogP contribution in [0.4, 0.5) is 0 Å². The van der Waals surface area contributed by atoms with Crippen LogP contribution in [0.5, 0.6) is 0 Å². The molecule has 232 valence electrons. The fourth-order valence-corrected chi connectivity index (χ4v) is 11.9. The Morgan fingerprint density at radius 1 is 0.951 bits per heavy atom. The summed E-state index contributed by atoms with van der Waals surface area (Å²) < 4.78 is 5.93. The second kappa shape index (κ2) is 10.7. The van der Waals surface area contributed by atoms with Crippen LogP contribution in [0, 0.1) is 56.7 Å². The minimum Gasteiger partial charge on any atom is -0.462 e. The van der Waals surface area contributed by atoms with Crippen LogP contribution in [0.2, 0.25) is 0 Å². The molecule has 0 radical (unpaired) electrons. The lowest BCUT2D eigenvalue weighted by molar-refractivity contribution is -0.212. The molecule has 4 saturated carbocycles. The van der Waals surface area contributed by atoms with E-state index in [1.54, 1.807) is 12.5 Å². The maximum absolute atomic E-state index is 14.1. The van der Waals surface area contributed by atoms with E-state index in [1.807, 2.05) is 0 Å². The minimum absolute atomic E-state index is 0.0101. The van der Waals surface area contributed by atoms with E-state index < -0.39 is 0 Å². The molecule has 3 N–H and O–H groups in total. The van der Waals surface area contributed by atoms with E-state index in [0.717, 1.165) is 64.3 Å². The molecule has 0 aromatic rings. The lowest BCUT2D eigenvalue weighted by Gasteiger charge is -2.71. The first-order valence-electron chi connectivity index (χ1n) is 17.0. The Kier molecular flexibility index (Phi) is 8.08. The predicted molar refractivity (Wildman–Crippen MR) is 166 cm³/mol. The fraction of sp³-hybridized carbons (Fsp3) is 0.889. The van der Waals surface area contributed by atoms with Gasteiger partial charge in [-0.15, -0.1) is 0 Å². The molecule has 0 bridgehead atoms. The largest absolute Gasteiger partial charge is 0.462 e. The molecule has 0 aromatic carbocycles. The van der Waals surface area contributed by atoms with Gasteiger partial charge in [0.2, 0.25) is 5.91 Å². The monoisotopic (exact) mass is 568 g/mol. The fourth-order valence-electron chi connectivity index (χ4n) is 11.9. The van der Waals surface area contributed by atoms with Gasteiger partial charge in [0, 0.05) is 18.9 Å². The molecule has 5 nitrogen and oxygen atoms in total. The van der Waals surface area contributed by atoms with Crippen molar-refractivity contribution in [3.8, 4) is 0 Å². The van der Waals surface area contributed by atoms with Crippen LogP contribution in [0.3, 0.4) is 0 Å². The van der Waals surface area contributed by atoms with Gasteiger partial charge in [-0.25, -0.2) is 0 Å². The van der Waals surface area contributed by atoms with Crippen molar-refractivity contribution >= 4 is 11.9 Å². The van der Waals surface area contributed by atoms with Crippen LogP contribution in [-0.2, 0) is 14.3 Å². The number of nitrogens with two attached hydrogens (primary N) is 1. The third-order valence-corrected chi connectivity index (χ3v) is 14.6. The van der Waals surface area contributed by atoms with Gasteiger partial charge in [0.25, 0.3) is 0 Å². The Morgan fingerprint density at radius 2 is 1.68 bits per heavy atom. The maximum atomic E-state index is 14.1. The van der Waals surface area contributed by atoms with Crippen molar-refractivity contribution in [2.24, 2.45) is 62.4 Å². The quantitative estimate of drug-likeness (QED) is 0.198. The summed E-state index contributed by atoms with van der Waals surface area (Å²) in [5.41, 5.74) is 7.61. The zero-order valence-corrected chi connectivity index (χ0v) is 27.5. The van der Waals surface area contributed by atoms with Gasteiger partial charge in [-0.2, -0.15) is 0 Å². The number of hydrogen-bond acceptors (Lipinski definition) is 4. The Bertz CT molecular complexity index is 1070. The van der Waals surface area contributed by atoms with Gasteiger partial charge in [0.15, 0.2) is 0 Å². The van der Waals surface area contributed by atoms with Crippen molar-refractivity contribution in [3.63, 3.8) is 0 Å². The molecular weight excluding hydrogens is 508 g/mol. The highest BCUT2D eigenvalue weighted by atomic mass is 16.5. The van der Waals surface area contributed by atoms with Crippen molar-refractivity contribution in [2.45, 2.75) is 132 Å². The van der Waals surface area contributed by atoms with Crippen LogP contribution in [-0.4, -0.2) is 31.1 Å². The van der Waals surface area contributed by atoms with Gasteiger partial charge < -0.3 is 15.8 Å². The summed E-state index contributed by atoms with van der Waals surface area (Å²) in [7, 11) is 0. The summed E-state index contributed by atoms with van der Waals surface area (Å²) in [5, 5.41) is 3.40. The number of carbonyl (C=O) groups is 2. The third kappa shape index (κ3) is 4.48. The summed E-state index contributed by atoms with van der Waals surface area (Å²) in [6, 6.07) is 0. The Labute approximate surface area is 250 Å². The standard InChI is InChI=1S/C36H60N2O3/c1-23-13-18-36(31(40)38-22-10-9-21-37)20-19-34(7)26(30(36)24(23)2)11-12-28-33(6)16-15-29(41-25(3)39)32(4,5)27(33)14-17-35(28,34)8/h11,23-24,27-30H,9-10,12-22,37H2,1-8H3,(H,38,40)/t23-,24+,27+,28-,29+,30+,33+,34-,35-,36+/m1/s1. The summed E-state index contributed by atoms with van der Waals surface area (Å²) in [5.74, 6) is 2.80. The second-order valence-corrected chi connectivity index (χ2v) is 16.5. The summed E-state index contributed by atoms with van der Waals surface area (Å²) in [4.78, 5) is 26.1. The molecule has 0 spiro atoms. The number of allylic oxidation sites excluding steroid dienone is 2. The zero-order valence-electron chi connectivity index (χ0n) is 27.5. The molecule has 5 heteroatoms. The number of fused-ring (bicyclic) bond motifs is 7. The number of rotatable bonds is 6. The molecule has 4 fully saturated rings. The topological polar surface area (TPSA) is 81.4 Å². The third-order valence-electron chi connectivity index (χ3n) is 14.6. The molecule has 0 aliphatic heterocycles. The molecule has 5 aliphatic carbocycles. The first-order chi connectivity index (χ1) is 19.2. The van der Waals surface area contributed by atoms with E-state index >= 15 is 0 Å². The van der Waals surface area contributed by atoms with Gasteiger partial charge in [-0.05, 0) is 123 Å². The van der Waals surface area contributed by atoms with Crippen LogP contribution in [0.1, 0.15) is 126 Å². The molecule has 0 heterocycles. The van der Waals surface area contributed by atoms with Gasteiger partial charge in [-0.1, -0.05) is 60.1 Å². The number of hydrogen-bond donors (Lipinski definition) is 2. The molecule has 10 atom stereocenters. The Morgan fingerprint density at radius 3 is 2.37 bits per heavy atom. The Balaban J connectivity index is 1.50. The van der Waals surface area contributed by atoms with Crippen LogP contribution in [0.15, 0.2) is 11.6 Å². The first-order valence-corrected chi connectivity index (χ1v) is 17.0. The van der Waals surface area contributed by atoms with Crippen LogP contribution < -0.4 is 11.1 Å². The van der Waals surface area contributed by atoms with Crippen molar-refractivity contribution in [3.05, 3.63) is 11.6 Å². The normalized spacial score (nSPS) is 46.6. The molecule has 5 rings (SSSR count). The zero-order chi connectivity index (χ0) is 30.0. The summed E-state index contributed by atoms with van der Waals surface area (Å²) >= 11 is 0. The number of unbranched alkanes of at least 4 members (excludes halogenated alkanes) is 1. The average Bonchev–Trinajstić information content (AvgIpc) is 2.90. The van der Waals surface area contributed by atoms with Gasteiger partial charge in [0.1, 0.15) is 6.10 Å². The van der Waals surface area contributed by atoms with E-state index in [-0.39, 0.29) is 39.1 Å². The molecule has 5 aliphatic rings. The minimum atomic E-state index is -0.269. The number of amides is 1. The summed E-state index contributed by atoms with van der Waals surface area (Å²) in [6.07, 6.45) is 14.5. The van der Waals surface area contributed by atoms with E-state index in [2.05, 4.69) is 59.9 Å². The molecule has 0 saturated heterocycles. The first kappa shape index (κ1) is 31.1. The van der Waals surface area contributed by atoms with Crippen molar-refractivity contribution in [2.75, 3.05) is 13.1 Å². The van der Waals surface area contributed by atoms with Crippen molar-refractivity contribution in [1.82, 2.24) is 5.32 Å². The highest BCUT2D eigenvalue weighted by Crippen LogP contribution is 2.75. The van der Waals surface area contributed by atoms with Crippen molar-refractivity contribution < 1.29 is 14.3 Å². The van der Waals surface area contributed by atoms with E-state index in [0.29, 0.717) is 42.0 Å². The van der Waals surface area contributed by atoms with Crippen molar-refractivity contribution in [1.29, 1.82) is 0 Å². The SMILES string of the molecule is CC(=O)O[C@H]1CC[C@]2(C)[C@H]3CC=C4[C@@H]5[C@@H](C)[C@H](C)CC[C@]5(C(=O)NCCCCN)CC[C@@]4(C)[C@]3(C)CC[C@H]2C1(C)C. The number of nitrogens with one attached hydrogen (secondary N) is 1. The predicted octanol–water partition coefficient (Wildman–Crippen LogP) is 7.43. The summed E-state index contributed by atoms with van der Waals surface area (Å²) in [6.45, 7) is 20.4. The number of esters is 1. The smallest absolute Gasteiger partial charge is 0.302 e. The van der Waals surface area contributed by atoms with Gasteiger partial charge >= 0.3 is 5.97 Å². The second-order valence-electron chi connectivity index (χ2n) is 16.5. The molecule has 0 aromatic heterocycles. The highest BCUT2D eigenvalue weighted by Gasteiger charge is 2.69. The lowest BCUT2D eigenvalue weighted by atomic mass is 9.33. The van der Waals surface area contributed by atoms with Crippen LogP contribution in [0.25, 0.3) is 0 Å².